The van der Waals surface area contributed by atoms with Crippen LogP contribution in [0.5, 0.6) is 0 Å². The highest BCUT2D eigenvalue weighted by Crippen LogP contribution is 2.48. The molecule has 0 aromatic heterocycles. The zero-order valence-corrected chi connectivity index (χ0v) is 9.87. The van der Waals surface area contributed by atoms with Crippen LogP contribution < -0.4 is 11.1 Å². The van der Waals surface area contributed by atoms with E-state index in [2.05, 4.69) is 0 Å². The summed E-state index contributed by atoms with van der Waals surface area (Å²) < 4.78 is 73.5. The van der Waals surface area contributed by atoms with Crippen LogP contribution in [0.25, 0.3) is 0 Å². The Labute approximate surface area is 105 Å². The van der Waals surface area contributed by atoms with Crippen molar-refractivity contribution in [2.45, 2.75) is 31.6 Å². The Morgan fingerprint density at radius 2 is 1.63 bits per heavy atom. The van der Waals surface area contributed by atoms with E-state index in [1.807, 2.05) is 0 Å². The number of hydrogen-bond donors (Lipinski definition) is 2. The quantitative estimate of drug-likeness (QED) is 0.761. The van der Waals surface area contributed by atoms with Crippen molar-refractivity contribution in [3.8, 4) is 0 Å². The average Bonchev–Trinajstić information content (AvgIpc) is 2.91. The molecule has 0 aliphatic heterocycles. The van der Waals surface area contributed by atoms with Gasteiger partial charge in [0.05, 0.1) is 0 Å². The minimum Gasteiger partial charge on any atom is -0.355 e. The normalized spacial score (nSPS) is 18.5. The summed E-state index contributed by atoms with van der Waals surface area (Å²) in [5.74, 6) is -6.03. The first-order valence-corrected chi connectivity index (χ1v) is 5.63. The van der Waals surface area contributed by atoms with Gasteiger partial charge in [-0.3, -0.25) is 4.79 Å². The smallest absolute Gasteiger partial charge is 0.355 e. The van der Waals surface area contributed by atoms with E-state index in [-0.39, 0.29) is 13.1 Å². The highest BCUT2D eigenvalue weighted by molar-refractivity contribution is 5.80. The van der Waals surface area contributed by atoms with Crippen molar-refractivity contribution >= 4 is 5.91 Å². The van der Waals surface area contributed by atoms with Gasteiger partial charge in [0.2, 0.25) is 11.8 Å². The molecule has 0 aromatic carbocycles. The number of nitrogens with two attached hydrogens (primary N) is 1. The van der Waals surface area contributed by atoms with Crippen molar-refractivity contribution in [3.05, 3.63) is 0 Å². The van der Waals surface area contributed by atoms with Gasteiger partial charge in [-0.25, -0.2) is 0 Å². The predicted octanol–water partition coefficient (Wildman–Crippen LogP) is 1.97. The van der Waals surface area contributed by atoms with Gasteiger partial charge in [-0.05, 0) is 31.2 Å². The molecule has 0 spiro atoms. The minimum atomic E-state index is -5.65. The second-order valence-corrected chi connectivity index (χ2v) is 4.77. The lowest BCUT2D eigenvalue weighted by atomic mass is 10.0. The van der Waals surface area contributed by atoms with Crippen molar-refractivity contribution in [2.75, 3.05) is 13.1 Å². The topological polar surface area (TPSA) is 55.1 Å². The highest BCUT2D eigenvalue weighted by Gasteiger charge is 2.61. The van der Waals surface area contributed by atoms with Gasteiger partial charge in [-0.1, -0.05) is 0 Å². The molecular weight excluding hydrogens is 278 g/mol. The Hall–Kier alpha value is -0.990. The van der Waals surface area contributed by atoms with E-state index < -0.39 is 29.6 Å². The van der Waals surface area contributed by atoms with Crippen LogP contribution in [0.3, 0.4) is 0 Å². The Morgan fingerprint density at radius 1 is 1.16 bits per heavy atom. The van der Waals surface area contributed by atoms with Gasteiger partial charge in [-0.2, -0.15) is 26.3 Å². The first kappa shape index (κ1) is 16.1. The van der Waals surface area contributed by atoms with Crippen LogP contribution >= 0.6 is 0 Å². The van der Waals surface area contributed by atoms with E-state index in [1.54, 1.807) is 5.32 Å². The lowest BCUT2D eigenvalue weighted by Crippen LogP contribution is -2.49. The molecule has 0 saturated heterocycles. The van der Waals surface area contributed by atoms with Crippen molar-refractivity contribution in [1.29, 1.82) is 0 Å². The monoisotopic (exact) mass is 292 g/mol. The Kier molecular flexibility index (Phi) is 4.38. The van der Waals surface area contributed by atoms with Crippen LogP contribution in [0.1, 0.15) is 19.3 Å². The predicted molar refractivity (Wildman–Crippen MR) is 53.9 cm³/mol. The van der Waals surface area contributed by atoms with Gasteiger partial charge in [0.25, 0.3) is 0 Å². The van der Waals surface area contributed by atoms with Crippen LogP contribution in [0.15, 0.2) is 0 Å². The fourth-order valence-electron chi connectivity index (χ4n) is 1.86. The van der Waals surface area contributed by atoms with Gasteiger partial charge in [0.1, 0.15) is 0 Å². The van der Waals surface area contributed by atoms with Crippen LogP contribution in [0, 0.1) is 11.3 Å². The van der Waals surface area contributed by atoms with E-state index in [9.17, 15) is 31.1 Å². The first-order valence-electron chi connectivity index (χ1n) is 5.63. The maximum Gasteiger partial charge on any atom is 0.409 e. The molecule has 112 valence electrons. The van der Waals surface area contributed by atoms with Crippen LogP contribution in [-0.2, 0) is 4.79 Å². The number of rotatable bonds is 5. The van der Waals surface area contributed by atoms with Gasteiger partial charge in [0, 0.05) is 6.54 Å². The van der Waals surface area contributed by atoms with Gasteiger partial charge in [0.15, 0.2) is 0 Å². The number of amides is 1. The molecule has 3 N–H and O–H groups in total. The van der Waals surface area contributed by atoms with Crippen LogP contribution in [0.4, 0.5) is 26.3 Å². The van der Waals surface area contributed by atoms with Gasteiger partial charge >= 0.3 is 12.4 Å². The third kappa shape index (κ3) is 4.26. The molecule has 0 radical (unpaired) electrons. The fourth-order valence-corrected chi connectivity index (χ4v) is 1.86. The maximum atomic E-state index is 12.2. The number of alkyl halides is 6. The van der Waals surface area contributed by atoms with Crippen molar-refractivity contribution in [1.82, 2.24) is 5.32 Å². The van der Waals surface area contributed by atoms with E-state index in [1.165, 1.54) is 0 Å². The maximum absolute atomic E-state index is 12.2. The van der Waals surface area contributed by atoms with Crippen LogP contribution in [-0.4, -0.2) is 31.3 Å². The number of hydrogen-bond acceptors (Lipinski definition) is 2. The highest BCUT2D eigenvalue weighted by atomic mass is 19.4. The van der Waals surface area contributed by atoms with E-state index >= 15 is 0 Å². The third-order valence-electron chi connectivity index (χ3n) is 3.19. The number of halogens is 6. The molecular formula is C10H14F6N2O. The third-order valence-corrected chi connectivity index (χ3v) is 3.19. The summed E-state index contributed by atoms with van der Waals surface area (Å²) in [5, 5.41) is 1.75. The molecule has 0 heterocycles. The standard InChI is InChI=1S/C10H14F6N2O/c11-9(12,13)6(10(14,15)16)7(19)18-5-8(1-2-8)3-4-17/h6H,1-5,17H2,(H,18,19). The molecule has 1 aliphatic rings. The summed E-state index contributed by atoms with van der Waals surface area (Å²) in [6.07, 6.45) is -9.53. The molecule has 1 rings (SSSR count). The minimum absolute atomic E-state index is 0.203. The molecule has 19 heavy (non-hydrogen) atoms. The molecule has 1 saturated carbocycles. The molecule has 0 aromatic rings. The van der Waals surface area contributed by atoms with Crippen LogP contribution in [0.2, 0.25) is 0 Å². The van der Waals surface area contributed by atoms with Crippen molar-refractivity contribution in [3.63, 3.8) is 0 Å². The Morgan fingerprint density at radius 3 is 1.95 bits per heavy atom. The summed E-state index contributed by atoms with van der Waals surface area (Å²) in [6.45, 7) is 0.0730. The molecule has 0 unspecified atom stereocenters. The summed E-state index contributed by atoms with van der Waals surface area (Å²) in [5.41, 5.74) is 4.86. The summed E-state index contributed by atoms with van der Waals surface area (Å²) in [6, 6.07) is 0. The molecule has 1 amide bonds. The zero-order valence-electron chi connectivity index (χ0n) is 9.87. The molecule has 0 bridgehead atoms. The summed E-state index contributed by atoms with van der Waals surface area (Å²) in [7, 11) is 0. The number of nitrogens with one attached hydrogen (secondary N) is 1. The molecule has 3 nitrogen and oxygen atoms in total. The first-order chi connectivity index (χ1) is 8.52. The molecule has 9 heteroatoms. The fraction of sp³-hybridized carbons (Fsp3) is 0.900. The summed E-state index contributed by atoms with van der Waals surface area (Å²) in [4.78, 5) is 11.1. The van der Waals surface area contributed by atoms with E-state index in [0.29, 0.717) is 19.3 Å². The van der Waals surface area contributed by atoms with E-state index in [4.69, 9.17) is 5.73 Å². The largest absolute Gasteiger partial charge is 0.409 e. The second kappa shape index (κ2) is 5.18. The Bertz CT molecular complexity index is 320. The lowest BCUT2D eigenvalue weighted by molar-refractivity contribution is -0.274. The van der Waals surface area contributed by atoms with Gasteiger partial charge < -0.3 is 11.1 Å². The second-order valence-electron chi connectivity index (χ2n) is 4.77. The lowest BCUT2D eigenvalue weighted by Gasteiger charge is -2.23. The zero-order chi connectivity index (χ0) is 14.9. The number of carbonyl (C=O) groups excluding carboxylic acids is 1. The summed E-state index contributed by atoms with van der Waals surface area (Å²) >= 11 is 0. The number of carbonyl (C=O) groups is 1. The Balaban J connectivity index is 2.64. The van der Waals surface area contributed by atoms with Crippen molar-refractivity contribution < 1.29 is 31.1 Å². The molecule has 1 aliphatic carbocycles. The average molecular weight is 292 g/mol. The van der Waals surface area contributed by atoms with Gasteiger partial charge in [-0.15, -0.1) is 0 Å². The molecule has 1 fully saturated rings. The molecule has 0 atom stereocenters. The SMILES string of the molecule is NCCC1(CNC(=O)C(C(F)(F)F)C(F)(F)F)CC1. The van der Waals surface area contributed by atoms with E-state index in [0.717, 1.165) is 0 Å². The van der Waals surface area contributed by atoms with Crippen molar-refractivity contribution in [2.24, 2.45) is 17.1 Å².